The standard InChI is InChI=1S/C21H26ClN3O4/c1-6-29-21(28)18-12(2)19(23-13(18)3)20(27)14(4)25(5)11-17(26)24-16-9-7-15(22)8-10-16/h7-10,14,23H,6,11H2,1-5H3,(H,24,26)/p+1/t14-/m1/s1. The van der Waals surface area contributed by atoms with Crippen LogP contribution in [0.1, 0.15) is 46.0 Å². The molecule has 0 aliphatic heterocycles. The Morgan fingerprint density at radius 2 is 1.83 bits per heavy atom. The number of halogens is 1. The van der Waals surface area contributed by atoms with Gasteiger partial charge in [-0.05, 0) is 57.5 Å². The third-order valence-corrected chi connectivity index (χ3v) is 5.12. The molecular formula is C21H27ClN3O4+. The quantitative estimate of drug-likeness (QED) is 0.451. The molecule has 0 radical (unpaired) electrons. The van der Waals surface area contributed by atoms with E-state index in [4.69, 9.17) is 16.3 Å². The third-order valence-electron chi connectivity index (χ3n) is 4.86. The first kappa shape index (κ1) is 22.6. The first-order chi connectivity index (χ1) is 13.6. The van der Waals surface area contributed by atoms with Gasteiger partial charge < -0.3 is 19.9 Å². The zero-order chi connectivity index (χ0) is 21.7. The molecule has 1 aromatic carbocycles. The predicted octanol–water partition coefficient (Wildman–Crippen LogP) is 2.19. The molecule has 0 aliphatic rings. The van der Waals surface area contributed by atoms with Crippen LogP contribution in [0.5, 0.6) is 0 Å². The highest BCUT2D eigenvalue weighted by Gasteiger charge is 2.30. The average Bonchev–Trinajstić information content (AvgIpc) is 2.96. The van der Waals surface area contributed by atoms with Crippen molar-refractivity contribution in [2.75, 3.05) is 25.5 Å². The van der Waals surface area contributed by atoms with Crippen molar-refractivity contribution < 1.29 is 24.0 Å². The summed E-state index contributed by atoms with van der Waals surface area (Å²) < 4.78 is 5.07. The van der Waals surface area contributed by atoms with Crippen LogP contribution in [0, 0.1) is 13.8 Å². The molecule has 2 atom stereocenters. The van der Waals surface area contributed by atoms with Crippen LogP contribution in [0.25, 0.3) is 0 Å². The molecule has 156 valence electrons. The van der Waals surface area contributed by atoms with Crippen LogP contribution in [0.4, 0.5) is 5.69 Å². The highest BCUT2D eigenvalue weighted by molar-refractivity contribution is 6.30. The van der Waals surface area contributed by atoms with Crippen molar-refractivity contribution in [1.29, 1.82) is 0 Å². The van der Waals surface area contributed by atoms with Gasteiger partial charge in [0.1, 0.15) is 0 Å². The largest absolute Gasteiger partial charge is 0.462 e. The second-order valence-electron chi connectivity index (χ2n) is 7.01. The number of rotatable bonds is 8. The van der Waals surface area contributed by atoms with Gasteiger partial charge in [-0.1, -0.05) is 11.6 Å². The Morgan fingerprint density at radius 1 is 1.21 bits per heavy atom. The van der Waals surface area contributed by atoms with Gasteiger partial charge in [-0.25, -0.2) is 4.79 Å². The molecule has 7 nitrogen and oxygen atoms in total. The molecule has 1 amide bonds. The minimum Gasteiger partial charge on any atom is -0.462 e. The fraction of sp³-hybridized carbons (Fsp3) is 0.381. The highest BCUT2D eigenvalue weighted by atomic mass is 35.5. The number of aromatic nitrogens is 1. The maximum Gasteiger partial charge on any atom is 0.340 e. The van der Waals surface area contributed by atoms with Crippen molar-refractivity contribution in [3.05, 3.63) is 51.8 Å². The second kappa shape index (κ2) is 9.71. The number of nitrogens with one attached hydrogen (secondary N) is 3. The minimum atomic E-state index is -0.488. The summed E-state index contributed by atoms with van der Waals surface area (Å²) in [6, 6.07) is 6.32. The SMILES string of the molecule is CCOC(=O)c1c(C)[nH]c(C(=O)[C@@H](C)[NH+](C)CC(=O)Nc2ccc(Cl)cc2)c1C. The van der Waals surface area contributed by atoms with Gasteiger partial charge >= 0.3 is 5.97 Å². The summed E-state index contributed by atoms with van der Waals surface area (Å²) >= 11 is 5.84. The van der Waals surface area contributed by atoms with Gasteiger partial charge in [-0.2, -0.15) is 0 Å². The highest BCUT2D eigenvalue weighted by Crippen LogP contribution is 2.20. The van der Waals surface area contributed by atoms with E-state index >= 15 is 0 Å². The first-order valence-corrected chi connectivity index (χ1v) is 9.81. The number of esters is 1. The monoisotopic (exact) mass is 420 g/mol. The van der Waals surface area contributed by atoms with Crippen LogP contribution in [0.15, 0.2) is 24.3 Å². The number of quaternary nitrogens is 1. The van der Waals surface area contributed by atoms with Gasteiger partial charge in [-0.3, -0.25) is 9.59 Å². The summed E-state index contributed by atoms with van der Waals surface area (Å²) in [5.74, 6) is -0.831. The van der Waals surface area contributed by atoms with Gasteiger partial charge in [0, 0.05) is 16.4 Å². The second-order valence-corrected chi connectivity index (χ2v) is 7.45. The van der Waals surface area contributed by atoms with Crippen molar-refractivity contribution in [2.45, 2.75) is 33.7 Å². The summed E-state index contributed by atoms with van der Waals surface area (Å²) in [4.78, 5) is 41.2. The minimum absolute atomic E-state index is 0.110. The number of ether oxygens (including phenoxy) is 1. The Hall–Kier alpha value is -2.64. The van der Waals surface area contributed by atoms with Crippen LogP contribution in [0.3, 0.4) is 0 Å². The van der Waals surface area contributed by atoms with Crippen LogP contribution in [0.2, 0.25) is 5.02 Å². The van der Waals surface area contributed by atoms with E-state index in [0.717, 1.165) is 4.90 Å². The first-order valence-electron chi connectivity index (χ1n) is 9.43. The van der Waals surface area contributed by atoms with Crippen molar-refractivity contribution in [2.24, 2.45) is 0 Å². The molecule has 0 bridgehead atoms. The van der Waals surface area contributed by atoms with Gasteiger partial charge in [0.25, 0.3) is 5.91 Å². The number of aromatic amines is 1. The summed E-state index contributed by atoms with van der Waals surface area (Å²) in [5.41, 5.74) is 2.56. The number of hydrogen-bond acceptors (Lipinski definition) is 4. The molecule has 0 saturated carbocycles. The van der Waals surface area contributed by atoms with E-state index in [1.54, 1.807) is 59.0 Å². The number of carbonyl (C=O) groups excluding carboxylic acids is 3. The smallest absolute Gasteiger partial charge is 0.340 e. The lowest BCUT2D eigenvalue weighted by molar-refractivity contribution is -0.885. The Balaban J connectivity index is 2.07. The zero-order valence-corrected chi connectivity index (χ0v) is 18.1. The van der Waals surface area contributed by atoms with E-state index in [2.05, 4.69) is 10.3 Å². The molecule has 2 aromatic rings. The van der Waals surface area contributed by atoms with Crippen LogP contribution in [-0.4, -0.2) is 48.9 Å². The Bertz CT molecular complexity index is 905. The van der Waals surface area contributed by atoms with E-state index in [1.807, 2.05) is 0 Å². The molecule has 0 fully saturated rings. The number of hydrogen-bond donors (Lipinski definition) is 3. The molecule has 0 saturated heterocycles. The lowest BCUT2D eigenvalue weighted by atomic mass is 10.0. The van der Waals surface area contributed by atoms with Crippen molar-refractivity contribution >= 4 is 34.9 Å². The Kier molecular flexibility index (Phi) is 7.59. The molecule has 29 heavy (non-hydrogen) atoms. The number of likely N-dealkylation sites (N-methyl/N-ethyl adjacent to an activating group) is 1. The fourth-order valence-corrected chi connectivity index (χ4v) is 3.22. The zero-order valence-electron chi connectivity index (χ0n) is 17.3. The number of H-pyrrole nitrogens is 1. The molecule has 1 aromatic heterocycles. The molecule has 3 N–H and O–H groups in total. The number of Topliss-reactive ketones (excluding diaryl/α,β-unsaturated/α-hetero) is 1. The fourth-order valence-electron chi connectivity index (χ4n) is 3.09. The normalized spacial score (nSPS) is 12.9. The maximum absolute atomic E-state index is 13.0. The lowest BCUT2D eigenvalue weighted by Gasteiger charge is -2.20. The van der Waals surface area contributed by atoms with Crippen molar-refractivity contribution in [3.63, 3.8) is 0 Å². The Labute approximate surface area is 175 Å². The van der Waals surface area contributed by atoms with E-state index in [1.165, 1.54) is 0 Å². The predicted molar refractivity (Wildman–Crippen MR) is 112 cm³/mol. The number of benzene rings is 1. The molecular weight excluding hydrogens is 394 g/mol. The van der Waals surface area contributed by atoms with Gasteiger partial charge in [0.15, 0.2) is 12.6 Å². The van der Waals surface area contributed by atoms with Crippen molar-refractivity contribution in [1.82, 2.24) is 4.98 Å². The topological polar surface area (TPSA) is 92.7 Å². The molecule has 1 heterocycles. The molecule has 1 unspecified atom stereocenters. The van der Waals surface area contributed by atoms with Crippen LogP contribution < -0.4 is 10.2 Å². The molecule has 8 heteroatoms. The summed E-state index contributed by atoms with van der Waals surface area (Å²) in [6.07, 6.45) is 0. The summed E-state index contributed by atoms with van der Waals surface area (Å²) in [6.45, 7) is 7.32. The molecule has 0 aliphatic carbocycles. The van der Waals surface area contributed by atoms with E-state index < -0.39 is 12.0 Å². The van der Waals surface area contributed by atoms with Gasteiger partial charge in [0.05, 0.1) is 24.9 Å². The number of amides is 1. The van der Waals surface area contributed by atoms with Crippen LogP contribution in [-0.2, 0) is 9.53 Å². The van der Waals surface area contributed by atoms with Crippen molar-refractivity contribution in [3.8, 4) is 0 Å². The summed E-state index contributed by atoms with van der Waals surface area (Å²) in [5, 5.41) is 3.38. The number of carbonyl (C=O) groups is 3. The van der Waals surface area contributed by atoms with E-state index in [0.29, 0.717) is 33.2 Å². The summed E-state index contributed by atoms with van der Waals surface area (Å²) in [7, 11) is 1.78. The lowest BCUT2D eigenvalue weighted by Crippen LogP contribution is -3.14. The van der Waals surface area contributed by atoms with Gasteiger partial charge in [0.2, 0.25) is 5.78 Å². The van der Waals surface area contributed by atoms with E-state index in [9.17, 15) is 14.4 Å². The Morgan fingerprint density at radius 3 is 2.41 bits per heavy atom. The number of aryl methyl sites for hydroxylation is 1. The maximum atomic E-state index is 13.0. The molecule has 2 rings (SSSR count). The van der Waals surface area contributed by atoms with E-state index in [-0.39, 0.29) is 24.8 Å². The third kappa shape index (κ3) is 5.46. The number of anilines is 1. The van der Waals surface area contributed by atoms with Gasteiger partial charge in [-0.15, -0.1) is 0 Å². The number of ketones is 1. The molecule has 0 spiro atoms. The average molecular weight is 421 g/mol. The van der Waals surface area contributed by atoms with Crippen LogP contribution >= 0.6 is 11.6 Å².